The fraction of sp³-hybridized carbons (Fsp3) is 0.0714. The molecule has 0 aliphatic carbocycles. The maximum atomic E-state index is 9.25. The van der Waals surface area contributed by atoms with Gasteiger partial charge in [-0.05, 0) is 46.3 Å². The monoisotopic (exact) mass is 336 g/mol. The van der Waals surface area contributed by atoms with Crippen molar-refractivity contribution in [2.75, 3.05) is 10.6 Å². The molecular weight excluding hydrogens is 324 g/mol. The van der Waals surface area contributed by atoms with E-state index in [4.69, 9.17) is 12.2 Å². The number of thiocarbonyl (C=S) groups is 1. The molecule has 19 heavy (non-hydrogen) atoms. The van der Waals surface area contributed by atoms with Gasteiger partial charge in [0.15, 0.2) is 5.11 Å². The molecule has 0 unspecified atom stereocenters. The summed E-state index contributed by atoms with van der Waals surface area (Å²) in [6, 6.07) is 15.2. The van der Waals surface area contributed by atoms with Crippen molar-refractivity contribution in [2.45, 2.75) is 6.61 Å². The van der Waals surface area contributed by atoms with Crippen LogP contribution < -0.4 is 10.6 Å². The summed E-state index contributed by atoms with van der Waals surface area (Å²) in [7, 11) is 0. The van der Waals surface area contributed by atoms with Crippen LogP contribution in [0.3, 0.4) is 0 Å². The number of benzene rings is 2. The molecule has 2 aromatic carbocycles. The van der Waals surface area contributed by atoms with E-state index < -0.39 is 0 Å². The summed E-state index contributed by atoms with van der Waals surface area (Å²) >= 11 is 8.71. The molecular formula is C14H13BrN2OS. The molecule has 0 spiro atoms. The number of aliphatic hydroxyl groups is 1. The summed E-state index contributed by atoms with van der Waals surface area (Å²) in [5.41, 5.74) is 2.50. The molecule has 2 aromatic rings. The minimum atomic E-state index is -0.0270. The Morgan fingerprint density at radius 1 is 1.00 bits per heavy atom. The lowest BCUT2D eigenvalue weighted by Gasteiger charge is -2.13. The highest BCUT2D eigenvalue weighted by Crippen LogP contribution is 2.22. The van der Waals surface area contributed by atoms with Crippen molar-refractivity contribution < 1.29 is 5.11 Å². The van der Waals surface area contributed by atoms with Crippen molar-refractivity contribution in [1.29, 1.82) is 0 Å². The Kier molecular flexibility index (Phi) is 4.90. The predicted octanol–water partition coefficient (Wildman–Crippen LogP) is 3.75. The van der Waals surface area contributed by atoms with Crippen LogP contribution in [0.5, 0.6) is 0 Å². The van der Waals surface area contributed by atoms with Gasteiger partial charge in [-0.15, -0.1) is 0 Å². The number of anilines is 2. The molecule has 0 saturated carbocycles. The summed E-state index contributed by atoms with van der Waals surface area (Å²) in [5.74, 6) is 0. The quantitative estimate of drug-likeness (QED) is 0.747. The van der Waals surface area contributed by atoms with E-state index in [0.29, 0.717) is 5.11 Å². The number of nitrogens with one attached hydrogen (secondary N) is 2. The molecule has 0 aliphatic heterocycles. The summed E-state index contributed by atoms with van der Waals surface area (Å²) in [4.78, 5) is 0. The fourth-order valence-corrected chi connectivity index (χ4v) is 2.22. The van der Waals surface area contributed by atoms with Crippen molar-refractivity contribution in [2.24, 2.45) is 0 Å². The van der Waals surface area contributed by atoms with Crippen LogP contribution in [0, 0.1) is 0 Å². The molecule has 0 radical (unpaired) electrons. The van der Waals surface area contributed by atoms with Crippen LogP contribution >= 0.6 is 28.1 Å². The van der Waals surface area contributed by atoms with Gasteiger partial charge >= 0.3 is 0 Å². The molecule has 2 rings (SSSR count). The third kappa shape index (κ3) is 3.76. The number of aliphatic hydroxyl groups excluding tert-OH is 1. The molecule has 0 amide bonds. The maximum absolute atomic E-state index is 9.25. The van der Waals surface area contributed by atoms with Crippen molar-refractivity contribution in [3.63, 3.8) is 0 Å². The predicted molar refractivity (Wildman–Crippen MR) is 86.4 cm³/mol. The Labute approximate surface area is 125 Å². The van der Waals surface area contributed by atoms with Crippen LogP contribution in [0.15, 0.2) is 53.0 Å². The number of hydrogen-bond donors (Lipinski definition) is 3. The minimum absolute atomic E-state index is 0.0270. The van der Waals surface area contributed by atoms with E-state index in [1.165, 1.54) is 0 Å². The third-order valence-electron chi connectivity index (χ3n) is 2.56. The van der Waals surface area contributed by atoms with E-state index in [9.17, 15) is 5.11 Å². The highest BCUT2D eigenvalue weighted by atomic mass is 79.9. The van der Waals surface area contributed by atoms with Gasteiger partial charge in [-0.2, -0.15) is 0 Å². The van der Waals surface area contributed by atoms with E-state index in [0.717, 1.165) is 21.4 Å². The van der Waals surface area contributed by atoms with Gasteiger partial charge in [0, 0.05) is 15.7 Å². The van der Waals surface area contributed by atoms with Crippen molar-refractivity contribution in [3.8, 4) is 0 Å². The largest absolute Gasteiger partial charge is 0.392 e. The standard InChI is InChI=1S/C14H13BrN2OS/c15-11-6-2-4-8-13(11)17-14(19)16-12-7-3-1-5-10(12)9-18/h1-8,18H,9H2,(H2,16,17,19). The molecule has 5 heteroatoms. The highest BCUT2D eigenvalue weighted by molar-refractivity contribution is 9.10. The molecule has 3 N–H and O–H groups in total. The lowest BCUT2D eigenvalue weighted by atomic mass is 10.2. The van der Waals surface area contributed by atoms with Crippen LogP contribution in [0.2, 0.25) is 0 Å². The Hall–Kier alpha value is -1.43. The Morgan fingerprint density at radius 2 is 1.58 bits per heavy atom. The molecule has 0 aliphatic rings. The lowest BCUT2D eigenvalue weighted by Crippen LogP contribution is -2.20. The van der Waals surface area contributed by atoms with Crippen LogP contribution in [0.4, 0.5) is 11.4 Å². The molecule has 0 bridgehead atoms. The maximum Gasteiger partial charge on any atom is 0.175 e. The van der Waals surface area contributed by atoms with Crippen LogP contribution in [0.1, 0.15) is 5.56 Å². The highest BCUT2D eigenvalue weighted by Gasteiger charge is 2.04. The average Bonchev–Trinajstić information content (AvgIpc) is 2.42. The Bertz CT molecular complexity index is 589. The summed E-state index contributed by atoms with van der Waals surface area (Å²) in [6.45, 7) is -0.0270. The van der Waals surface area contributed by atoms with E-state index >= 15 is 0 Å². The zero-order valence-electron chi connectivity index (χ0n) is 10.1. The lowest BCUT2D eigenvalue weighted by molar-refractivity contribution is 0.282. The number of hydrogen-bond acceptors (Lipinski definition) is 2. The summed E-state index contributed by atoms with van der Waals surface area (Å²) < 4.78 is 0.939. The second kappa shape index (κ2) is 6.65. The van der Waals surface area contributed by atoms with Gasteiger partial charge in [0.2, 0.25) is 0 Å². The van der Waals surface area contributed by atoms with Crippen molar-refractivity contribution in [1.82, 2.24) is 0 Å². The Balaban J connectivity index is 2.08. The van der Waals surface area contributed by atoms with Gasteiger partial charge in [-0.25, -0.2) is 0 Å². The van der Waals surface area contributed by atoms with Gasteiger partial charge in [0.05, 0.1) is 12.3 Å². The van der Waals surface area contributed by atoms with E-state index in [2.05, 4.69) is 26.6 Å². The van der Waals surface area contributed by atoms with Gasteiger partial charge in [-0.3, -0.25) is 0 Å². The van der Waals surface area contributed by atoms with E-state index in [1.807, 2.05) is 48.5 Å². The van der Waals surface area contributed by atoms with Crippen molar-refractivity contribution in [3.05, 3.63) is 58.6 Å². The SMILES string of the molecule is OCc1ccccc1NC(=S)Nc1ccccc1Br. The number of rotatable bonds is 3. The normalized spacial score (nSPS) is 10.0. The molecule has 0 saturated heterocycles. The number of para-hydroxylation sites is 2. The van der Waals surface area contributed by atoms with Gasteiger partial charge in [0.1, 0.15) is 0 Å². The molecule has 3 nitrogen and oxygen atoms in total. The number of halogens is 1. The first kappa shape index (κ1) is 14.0. The second-order valence-electron chi connectivity index (χ2n) is 3.87. The van der Waals surface area contributed by atoms with Gasteiger partial charge in [0.25, 0.3) is 0 Å². The fourth-order valence-electron chi connectivity index (χ4n) is 1.62. The van der Waals surface area contributed by atoms with Crippen molar-refractivity contribution >= 4 is 44.6 Å². The first-order valence-corrected chi connectivity index (χ1v) is 6.92. The summed E-state index contributed by atoms with van der Waals surface area (Å²) in [5, 5.41) is 15.9. The van der Waals surface area contributed by atoms with E-state index in [-0.39, 0.29) is 6.61 Å². The van der Waals surface area contributed by atoms with E-state index in [1.54, 1.807) is 0 Å². The average molecular weight is 337 g/mol. The van der Waals surface area contributed by atoms with Gasteiger partial charge in [-0.1, -0.05) is 30.3 Å². The molecule has 0 aromatic heterocycles. The molecule has 0 atom stereocenters. The van der Waals surface area contributed by atoms with Crippen LogP contribution in [-0.2, 0) is 6.61 Å². The topological polar surface area (TPSA) is 44.3 Å². The second-order valence-corrected chi connectivity index (χ2v) is 5.14. The van der Waals surface area contributed by atoms with Crippen LogP contribution in [-0.4, -0.2) is 10.2 Å². The molecule has 0 fully saturated rings. The first-order valence-electron chi connectivity index (χ1n) is 5.72. The zero-order chi connectivity index (χ0) is 13.7. The minimum Gasteiger partial charge on any atom is -0.392 e. The molecule has 98 valence electrons. The molecule has 0 heterocycles. The first-order chi connectivity index (χ1) is 9.20. The van der Waals surface area contributed by atoms with Crippen LogP contribution in [0.25, 0.3) is 0 Å². The zero-order valence-corrected chi connectivity index (χ0v) is 12.5. The third-order valence-corrected chi connectivity index (χ3v) is 3.45. The smallest absolute Gasteiger partial charge is 0.175 e. The summed E-state index contributed by atoms with van der Waals surface area (Å²) in [6.07, 6.45) is 0. The Morgan fingerprint density at radius 3 is 2.26 bits per heavy atom. The van der Waals surface area contributed by atoms with Gasteiger partial charge < -0.3 is 15.7 Å².